The molecule has 1 aliphatic rings. The molecule has 1 saturated heterocycles. The molecular formula is C11H17NO4S2. The Morgan fingerprint density at radius 1 is 1.39 bits per heavy atom. The van der Waals surface area contributed by atoms with Gasteiger partial charge < -0.3 is 14.8 Å². The monoisotopic (exact) mass is 291 g/mol. The molecule has 5 nitrogen and oxygen atoms in total. The molecule has 0 unspecified atom stereocenters. The summed E-state index contributed by atoms with van der Waals surface area (Å²) in [5, 5.41) is 3.59. The summed E-state index contributed by atoms with van der Waals surface area (Å²) in [5.74, 6) is 1.22. The van der Waals surface area contributed by atoms with E-state index in [0.29, 0.717) is 5.57 Å². The first-order chi connectivity index (χ1) is 8.59. The zero-order chi connectivity index (χ0) is 13.4. The van der Waals surface area contributed by atoms with Gasteiger partial charge in [-0.15, -0.1) is 23.5 Å². The third-order valence-electron chi connectivity index (χ3n) is 2.00. The molecular weight excluding hydrogens is 274 g/mol. The van der Waals surface area contributed by atoms with Crippen LogP contribution < -0.4 is 5.32 Å². The fourth-order valence-corrected chi connectivity index (χ4v) is 3.44. The number of carbonyl (C=O) groups excluding carboxylic acids is 2. The van der Waals surface area contributed by atoms with Gasteiger partial charge in [0.1, 0.15) is 12.7 Å². The Morgan fingerprint density at radius 2 is 2.06 bits per heavy atom. The van der Waals surface area contributed by atoms with Crippen LogP contribution in [0.5, 0.6) is 0 Å². The lowest BCUT2D eigenvalue weighted by Crippen LogP contribution is -2.34. The maximum atomic E-state index is 11.4. The van der Waals surface area contributed by atoms with Gasteiger partial charge in [-0.1, -0.05) is 6.58 Å². The Labute approximate surface area is 115 Å². The first kappa shape index (κ1) is 15.2. The summed E-state index contributed by atoms with van der Waals surface area (Å²) in [6.07, 6.45) is -0.499. The van der Waals surface area contributed by atoms with Gasteiger partial charge in [-0.05, 0) is 6.92 Å². The van der Waals surface area contributed by atoms with Gasteiger partial charge >= 0.3 is 12.1 Å². The summed E-state index contributed by atoms with van der Waals surface area (Å²) in [6, 6.07) is 0. The molecule has 0 spiro atoms. The molecule has 1 amide bonds. The average Bonchev–Trinajstić information content (AvgIpc) is 2.35. The summed E-state index contributed by atoms with van der Waals surface area (Å²) in [6.45, 7) is 5.39. The first-order valence-electron chi connectivity index (χ1n) is 5.52. The van der Waals surface area contributed by atoms with Gasteiger partial charge in [-0.25, -0.2) is 9.59 Å². The van der Waals surface area contributed by atoms with E-state index in [2.05, 4.69) is 11.9 Å². The summed E-state index contributed by atoms with van der Waals surface area (Å²) in [7, 11) is 0. The van der Waals surface area contributed by atoms with Gasteiger partial charge in [0, 0.05) is 22.2 Å². The van der Waals surface area contributed by atoms with Crippen molar-refractivity contribution in [3.63, 3.8) is 0 Å². The van der Waals surface area contributed by atoms with Crippen molar-refractivity contribution in [3.8, 4) is 0 Å². The van der Waals surface area contributed by atoms with Crippen LogP contribution in [-0.2, 0) is 14.3 Å². The van der Waals surface area contributed by atoms with Crippen molar-refractivity contribution in [3.05, 3.63) is 12.2 Å². The van der Waals surface area contributed by atoms with Gasteiger partial charge in [0.15, 0.2) is 0 Å². The van der Waals surface area contributed by atoms with E-state index in [0.717, 1.165) is 16.6 Å². The highest BCUT2D eigenvalue weighted by Crippen LogP contribution is 2.22. The Hall–Kier alpha value is -0.820. The molecule has 1 aliphatic heterocycles. The van der Waals surface area contributed by atoms with Crippen LogP contribution in [0.25, 0.3) is 0 Å². The second-order valence-corrected chi connectivity index (χ2v) is 6.16. The van der Waals surface area contributed by atoms with Crippen LogP contribution in [0.3, 0.4) is 0 Å². The van der Waals surface area contributed by atoms with Crippen LogP contribution in [0.4, 0.5) is 4.79 Å². The Kier molecular flexibility index (Phi) is 7.04. The van der Waals surface area contributed by atoms with Crippen molar-refractivity contribution in [2.75, 3.05) is 29.7 Å². The SMILES string of the molecule is C=C(C)C(=O)OCCNC(=O)OC1CSCSC1. The number of thioether (sulfide) groups is 2. The molecule has 0 aromatic rings. The molecule has 0 atom stereocenters. The minimum atomic E-state index is -0.463. The Bertz CT molecular complexity index is 316. The van der Waals surface area contributed by atoms with E-state index in [-0.39, 0.29) is 19.3 Å². The van der Waals surface area contributed by atoms with Gasteiger partial charge in [-0.3, -0.25) is 0 Å². The molecule has 102 valence electrons. The molecule has 0 saturated carbocycles. The number of carbonyl (C=O) groups is 2. The molecule has 0 bridgehead atoms. The normalized spacial score (nSPS) is 15.8. The number of alkyl carbamates (subject to hydrolysis) is 1. The summed E-state index contributed by atoms with van der Waals surface area (Å²) in [5.41, 5.74) is 0.342. The smallest absolute Gasteiger partial charge is 0.407 e. The van der Waals surface area contributed by atoms with E-state index in [9.17, 15) is 9.59 Å². The average molecular weight is 291 g/mol. The van der Waals surface area contributed by atoms with Gasteiger partial charge in [-0.2, -0.15) is 0 Å². The quantitative estimate of drug-likeness (QED) is 0.472. The van der Waals surface area contributed by atoms with Crippen LogP contribution in [0.15, 0.2) is 12.2 Å². The van der Waals surface area contributed by atoms with Crippen LogP contribution in [-0.4, -0.2) is 47.9 Å². The highest BCUT2D eigenvalue weighted by molar-refractivity contribution is 8.16. The number of nitrogens with one attached hydrogen (secondary N) is 1. The molecule has 18 heavy (non-hydrogen) atoms. The third kappa shape index (κ3) is 6.20. The molecule has 7 heteroatoms. The maximum Gasteiger partial charge on any atom is 0.407 e. The van der Waals surface area contributed by atoms with Crippen molar-refractivity contribution in [2.24, 2.45) is 0 Å². The second kappa shape index (κ2) is 8.31. The molecule has 0 radical (unpaired) electrons. The Balaban J connectivity index is 2.06. The van der Waals surface area contributed by atoms with Crippen molar-refractivity contribution in [1.82, 2.24) is 5.32 Å². The van der Waals surface area contributed by atoms with Crippen molar-refractivity contribution in [1.29, 1.82) is 0 Å². The summed E-state index contributed by atoms with van der Waals surface area (Å²) >= 11 is 3.52. The van der Waals surface area contributed by atoms with Gasteiger partial charge in [0.05, 0.1) is 6.54 Å². The number of amides is 1. The molecule has 0 aromatic carbocycles. The lowest BCUT2D eigenvalue weighted by molar-refractivity contribution is -0.138. The predicted octanol–water partition coefficient (Wildman–Crippen LogP) is 1.64. The molecule has 1 fully saturated rings. The van der Waals surface area contributed by atoms with Gasteiger partial charge in [0.2, 0.25) is 0 Å². The molecule has 0 aliphatic carbocycles. The fourth-order valence-electron chi connectivity index (χ4n) is 1.15. The van der Waals surface area contributed by atoms with Crippen molar-refractivity contribution < 1.29 is 19.1 Å². The number of hydrogen-bond acceptors (Lipinski definition) is 6. The third-order valence-corrected chi connectivity index (χ3v) is 4.55. The molecule has 1 heterocycles. The fraction of sp³-hybridized carbons (Fsp3) is 0.636. The Morgan fingerprint density at radius 3 is 2.67 bits per heavy atom. The maximum absolute atomic E-state index is 11.4. The van der Waals surface area contributed by atoms with E-state index >= 15 is 0 Å². The van der Waals surface area contributed by atoms with Crippen LogP contribution in [0.1, 0.15) is 6.92 Å². The van der Waals surface area contributed by atoms with E-state index in [1.807, 2.05) is 0 Å². The molecule has 1 rings (SSSR count). The summed E-state index contributed by atoms with van der Waals surface area (Å²) < 4.78 is 10.0. The minimum Gasteiger partial charge on any atom is -0.460 e. The topological polar surface area (TPSA) is 64.6 Å². The second-order valence-electron chi connectivity index (χ2n) is 3.73. The van der Waals surface area contributed by atoms with Crippen LogP contribution in [0, 0.1) is 0 Å². The summed E-state index contributed by atoms with van der Waals surface area (Å²) in [4.78, 5) is 22.4. The van der Waals surface area contributed by atoms with Crippen molar-refractivity contribution >= 4 is 35.6 Å². The standard InChI is InChI=1S/C11H17NO4S2/c1-8(2)10(13)15-4-3-12-11(14)16-9-5-17-7-18-6-9/h9H,1,3-7H2,2H3,(H,12,14). The molecule has 0 aromatic heterocycles. The zero-order valence-corrected chi connectivity index (χ0v) is 11.9. The van der Waals surface area contributed by atoms with Crippen molar-refractivity contribution in [2.45, 2.75) is 13.0 Å². The first-order valence-corrected chi connectivity index (χ1v) is 7.83. The lowest BCUT2D eigenvalue weighted by Gasteiger charge is -2.21. The number of rotatable bonds is 5. The van der Waals surface area contributed by atoms with E-state index in [4.69, 9.17) is 9.47 Å². The highest BCUT2D eigenvalue weighted by Gasteiger charge is 2.18. The van der Waals surface area contributed by atoms with E-state index in [1.54, 1.807) is 30.4 Å². The predicted molar refractivity (Wildman–Crippen MR) is 73.8 cm³/mol. The highest BCUT2D eigenvalue weighted by atomic mass is 32.2. The van der Waals surface area contributed by atoms with E-state index in [1.165, 1.54) is 0 Å². The van der Waals surface area contributed by atoms with Gasteiger partial charge in [0.25, 0.3) is 0 Å². The number of ether oxygens (including phenoxy) is 2. The zero-order valence-electron chi connectivity index (χ0n) is 10.3. The number of esters is 1. The molecule has 1 N–H and O–H groups in total. The minimum absolute atomic E-state index is 0.0354. The van der Waals surface area contributed by atoms with E-state index < -0.39 is 12.1 Å². The van der Waals surface area contributed by atoms with Crippen LogP contribution >= 0.6 is 23.5 Å². The largest absolute Gasteiger partial charge is 0.460 e. The lowest BCUT2D eigenvalue weighted by atomic mass is 10.4. The number of hydrogen-bond donors (Lipinski definition) is 1. The van der Waals surface area contributed by atoms with Crippen LogP contribution in [0.2, 0.25) is 0 Å².